The molecule has 0 unspecified atom stereocenters. The Morgan fingerprint density at radius 2 is 2.05 bits per heavy atom. The highest BCUT2D eigenvalue weighted by Gasteiger charge is 2.12. The van der Waals surface area contributed by atoms with Crippen molar-refractivity contribution in [3.8, 4) is 11.5 Å². The van der Waals surface area contributed by atoms with E-state index in [1.165, 1.54) is 7.11 Å². The fraction of sp³-hybridized carbons (Fsp3) is 0.429. The lowest BCUT2D eigenvalue weighted by Crippen LogP contribution is -2.23. The van der Waals surface area contributed by atoms with Gasteiger partial charge in [-0.15, -0.1) is 0 Å². The summed E-state index contributed by atoms with van der Waals surface area (Å²) in [7, 11) is 1.50. The second kappa shape index (κ2) is 8.36. The third kappa shape index (κ3) is 5.51. The fourth-order valence-electron chi connectivity index (χ4n) is 1.67. The minimum atomic E-state index is -1.00. The van der Waals surface area contributed by atoms with Crippen molar-refractivity contribution in [2.75, 3.05) is 13.7 Å². The summed E-state index contributed by atoms with van der Waals surface area (Å²) in [5, 5.41) is 11.5. The number of methoxy groups -OCH3 is 1. The highest BCUT2D eigenvalue weighted by Crippen LogP contribution is 2.36. The number of carboxylic acids is 1. The van der Waals surface area contributed by atoms with Gasteiger partial charge in [-0.1, -0.05) is 11.6 Å². The van der Waals surface area contributed by atoms with E-state index in [0.717, 1.165) is 5.56 Å². The zero-order valence-electron chi connectivity index (χ0n) is 11.9. The van der Waals surface area contributed by atoms with Crippen molar-refractivity contribution >= 4 is 23.5 Å². The zero-order valence-corrected chi connectivity index (χ0v) is 12.7. The van der Waals surface area contributed by atoms with E-state index < -0.39 is 5.97 Å². The molecule has 1 amide bonds. The van der Waals surface area contributed by atoms with Crippen LogP contribution in [0.2, 0.25) is 5.02 Å². The molecular weight excluding hydrogens is 298 g/mol. The van der Waals surface area contributed by atoms with Crippen molar-refractivity contribution in [2.24, 2.45) is 0 Å². The maximum Gasteiger partial charge on any atom is 0.303 e. The van der Waals surface area contributed by atoms with Gasteiger partial charge in [-0.3, -0.25) is 9.59 Å². The SMILES string of the molecule is CCOc1c(Cl)cc(CNC(=O)CCC(=O)O)cc1OC. The number of ether oxygens (including phenoxy) is 2. The van der Waals surface area contributed by atoms with Crippen LogP contribution < -0.4 is 14.8 Å². The topological polar surface area (TPSA) is 84.9 Å². The summed E-state index contributed by atoms with van der Waals surface area (Å²) in [5.41, 5.74) is 0.740. The van der Waals surface area contributed by atoms with Crippen LogP contribution in [0.1, 0.15) is 25.3 Å². The van der Waals surface area contributed by atoms with E-state index in [4.69, 9.17) is 26.2 Å². The number of hydrogen-bond acceptors (Lipinski definition) is 4. The quantitative estimate of drug-likeness (QED) is 0.768. The van der Waals surface area contributed by atoms with Crippen LogP contribution in [0.5, 0.6) is 11.5 Å². The van der Waals surface area contributed by atoms with Crippen molar-refractivity contribution < 1.29 is 24.2 Å². The second-order valence-corrected chi connectivity index (χ2v) is 4.62. The van der Waals surface area contributed by atoms with Crippen LogP contribution in [0.3, 0.4) is 0 Å². The van der Waals surface area contributed by atoms with Crippen molar-refractivity contribution in [3.63, 3.8) is 0 Å². The molecule has 0 aliphatic heterocycles. The molecule has 0 fully saturated rings. The predicted octanol–water partition coefficient (Wildman–Crippen LogP) is 2.23. The summed E-state index contributed by atoms with van der Waals surface area (Å²) in [5.74, 6) is -0.390. The van der Waals surface area contributed by atoms with Crippen LogP contribution in [0.15, 0.2) is 12.1 Å². The number of rotatable bonds is 8. The molecule has 21 heavy (non-hydrogen) atoms. The molecule has 1 aromatic rings. The molecule has 116 valence electrons. The third-order valence-corrected chi connectivity index (χ3v) is 2.91. The molecule has 0 radical (unpaired) electrons. The van der Waals surface area contributed by atoms with Gasteiger partial charge in [0.2, 0.25) is 5.91 Å². The third-order valence-electron chi connectivity index (χ3n) is 2.63. The summed E-state index contributed by atoms with van der Waals surface area (Å²) in [4.78, 5) is 21.8. The van der Waals surface area contributed by atoms with E-state index in [1.807, 2.05) is 6.92 Å². The average molecular weight is 316 g/mol. The first-order valence-electron chi connectivity index (χ1n) is 6.45. The maximum atomic E-state index is 11.5. The lowest BCUT2D eigenvalue weighted by molar-refractivity contribution is -0.138. The number of benzene rings is 1. The Labute approximate surface area is 128 Å². The number of carboxylic acid groups (broad SMARTS) is 1. The molecule has 0 spiro atoms. The zero-order chi connectivity index (χ0) is 15.8. The van der Waals surface area contributed by atoms with Crippen molar-refractivity contribution in [2.45, 2.75) is 26.3 Å². The maximum absolute atomic E-state index is 11.5. The van der Waals surface area contributed by atoms with Crippen molar-refractivity contribution in [3.05, 3.63) is 22.7 Å². The molecule has 0 aromatic heterocycles. The molecule has 0 atom stereocenters. The molecule has 1 rings (SSSR count). The summed E-state index contributed by atoms with van der Waals surface area (Å²) in [6, 6.07) is 3.39. The standard InChI is InChI=1S/C14H18ClNO5/c1-3-21-14-10(15)6-9(7-11(14)20-2)8-16-12(17)4-5-13(18)19/h6-7H,3-5,8H2,1-2H3,(H,16,17)(H,18,19). The Kier molecular flexibility index (Phi) is 6.81. The van der Waals surface area contributed by atoms with Gasteiger partial charge in [0.15, 0.2) is 11.5 Å². The molecule has 7 heteroatoms. The molecule has 0 heterocycles. The number of hydrogen-bond donors (Lipinski definition) is 2. The number of nitrogens with one attached hydrogen (secondary N) is 1. The number of aliphatic carboxylic acids is 1. The number of halogens is 1. The fourth-order valence-corrected chi connectivity index (χ4v) is 1.96. The summed E-state index contributed by atoms with van der Waals surface area (Å²) in [6.07, 6.45) is -0.254. The number of carbonyl (C=O) groups is 2. The minimum Gasteiger partial charge on any atom is -0.493 e. The van der Waals surface area contributed by atoms with E-state index in [1.54, 1.807) is 12.1 Å². The monoisotopic (exact) mass is 315 g/mol. The smallest absolute Gasteiger partial charge is 0.303 e. The predicted molar refractivity (Wildman–Crippen MR) is 77.9 cm³/mol. The molecule has 0 aliphatic rings. The first-order valence-corrected chi connectivity index (χ1v) is 6.83. The van der Waals surface area contributed by atoms with Crippen LogP contribution in [0.25, 0.3) is 0 Å². The van der Waals surface area contributed by atoms with E-state index >= 15 is 0 Å². The Bertz CT molecular complexity index is 518. The van der Waals surface area contributed by atoms with Crippen LogP contribution in [0.4, 0.5) is 0 Å². The van der Waals surface area contributed by atoms with Gasteiger partial charge in [0.1, 0.15) is 0 Å². The molecule has 0 saturated carbocycles. The Hall–Kier alpha value is -1.95. The van der Waals surface area contributed by atoms with Crippen molar-refractivity contribution in [1.29, 1.82) is 0 Å². The van der Waals surface area contributed by atoms with Crippen molar-refractivity contribution in [1.82, 2.24) is 5.32 Å². The van der Waals surface area contributed by atoms with Crippen LogP contribution in [-0.4, -0.2) is 30.7 Å². The minimum absolute atomic E-state index is 0.0583. The molecule has 2 N–H and O–H groups in total. The van der Waals surface area contributed by atoms with Gasteiger partial charge in [0.25, 0.3) is 0 Å². The van der Waals surface area contributed by atoms with Gasteiger partial charge >= 0.3 is 5.97 Å². The molecule has 1 aromatic carbocycles. The highest BCUT2D eigenvalue weighted by atomic mass is 35.5. The lowest BCUT2D eigenvalue weighted by atomic mass is 10.2. The first-order chi connectivity index (χ1) is 9.97. The van der Waals surface area contributed by atoms with Gasteiger partial charge in [0.05, 0.1) is 25.2 Å². The van der Waals surface area contributed by atoms with Gasteiger partial charge in [-0.25, -0.2) is 0 Å². The summed E-state index contributed by atoms with van der Waals surface area (Å²) < 4.78 is 10.6. The molecular formula is C14H18ClNO5. The van der Waals surface area contributed by atoms with Gasteiger partial charge < -0.3 is 19.9 Å². The Balaban J connectivity index is 2.69. The van der Waals surface area contributed by atoms with Crippen LogP contribution in [0, 0.1) is 0 Å². The molecule has 0 saturated heterocycles. The largest absolute Gasteiger partial charge is 0.493 e. The van der Waals surface area contributed by atoms with Gasteiger partial charge in [-0.2, -0.15) is 0 Å². The van der Waals surface area contributed by atoms with Crippen LogP contribution >= 0.6 is 11.6 Å². The molecule has 0 bridgehead atoms. The molecule has 0 aliphatic carbocycles. The molecule has 6 nitrogen and oxygen atoms in total. The van der Waals surface area contributed by atoms with Crippen LogP contribution in [-0.2, 0) is 16.1 Å². The lowest BCUT2D eigenvalue weighted by Gasteiger charge is -2.13. The Morgan fingerprint density at radius 3 is 2.62 bits per heavy atom. The summed E-state index contributed by atoms with van der Waals surface area (Å²) in [6.45, 7) is 2.54. The first kappa shape index (κ1) is 17.1. The number of carbonyl (C=O) groups excluding carboxylic acids is 1. The number of amides is 1. The van der Waals surface area contributed by atoms with E-state index in [0.29, 0.717) is 23.1 Å². The second-order valence-electron chi connectivity index (χ2n) is 4.21. The average Bonchev–Trinajstić information content (AvgIpc) is 2.45. The normalized spacial score (nSPS) is 10.0. The van der Waals surface area contributed by atoms with Gasteiger partial charge in [-0.05, 0) is 24.6 Å². The van der Waals surface area contributed by atoms with Gasteiger partial charge in [0, 0.05) is 13.0 Å². The summed E-state index contributed by atoms with van der Waals surface area (Å²) >= 11 is 6.11. The Morgan fingerprint density at radius 1 is 1.33 bits per heavy atom. The van der Waals surface area contributed by atoms with E-state index in [2.05, 4.69) is 5.32 Å². The van der Waals surface area contributed by atoms with E-state index in [9.17, 15) is 9.59 Å². The highest BCUT2D eigenvalue weighted by molar-refractivity contribution is 6.32. The van der Waals surface area contributed by atoms with E-state index in [-0.39, 0.29) is 25.3 Å².